The molecule has 2 rings (SSSR count). The second-order valence-electron chi connectivity index (χ2n) is 4.98. The van der Waals surface area contributed by atoms with Gasteiger partial charge in [-0.1, -0.05) is 6.07 Å². The van der Waals surface area contributed by atoms with Crippen LogP contribution < -0.4 is 5.73 Å². The van der Waals surface area contributed by atoms with Crippen LogP contribution in [0.1, 0.15) is 23.6 Å². The Balaban J connectivity index is 2.37. The molecule has 1 heterocycles. The Morgan fingerprint density at radius 3 is 2.67 bits per heavy atom. The summed E-state index contributed by atoms with van der Waals surface area (Å²) in [7, 11) is 0. The zero-order valence-corrected chi connectivity index (χ0v) is 12.3. The maximum absolute atomic E-state index is 13.2. The number of nitrogens with zero attached hydrogens (tertiary/aromatic N) is 1. The lowest BCUT2D eigenvalue weighted by Crippen LogP contribution is -2.36. The van der Waals surface area contributed by atoms with Crippen molar-refractivity contribution in [1.29, 1.82) is 0 Å². The molecule has 1 aromatic rings. The highest BCUT2D eigenvalue weighted by Gasteiger charge is 2.36. The van der Waals surface area contributed by atoms with E-state index in [4.69, 9.17) is 5.73 Å². The molecule has 118 valence electrons. The fourth-order valence-electron chi connectivity index (χ4n) is 2.61. The monoisotopic (exact) mass is 322 g/mol. The van der Waals surface area contributed by atoms with E-state index in [-0.39, 0.29) is 12.1 Å². The molecule has 0 bridgehead atoms. The summed E-state index contributed by atoms with van der Waals surface area (Å²) in [4.78, 5) is 1.97. The molecule has 1 aromatic carbocycles. The third kappa shape index (κ3) is 4.11. The first kappa shape index (κ1) is 16.6. The predicted molar refractivity (Wildman–Crippen MR) is 76.7 cm³/mol. The fraction of sp³-hybridized carbons (Fsp3) is 0.571. The van der Waals surface area contributed by atoms with Gasteiger partial charge in [-0.2, -0.15) is 24.9 Å². The van der Waals surface area contributed by atoms with Crippen LogP contribution >= 0.6 is 11.8 Å². The summed E-state index contributed by atoms with van der Waals surface area (Å²) in [5.41, 5.74) is 4.87. The Morgan fingerprint density at radius 1 is 1.24 bits per heavy atom. The van der Waals surface area contributed by atoms with E-state index < -0.39 is 23.6 Å². The minimum Gasteiger partial charge on any atom is -0.329 e. The van der Waals surface area contributed by atoms with Gasteiger partial charge in [0.2, 0.25) is 0 Å². The highest BCUT2D eigenvalue weighted by molar-refractivity contribution is 7.99. The van der Waals surface area contributed by atoms with Crippen LogP contribution in [0, 0.1) is 5.82 Å². The number of nitrogens with two attached hydrogens (primary N) is 1. The molecule has 0 radical (unpaired) electrons. The Bertz CT molecular complexity index is 471. The van der Waals surface area contributed by atoms with Gasteiger partial charge in [-0.15, -0.1) is 0 Å². The molecule has 2 nitrogen and oxygen atoms in total. The largest absolute Gasteiger partial charge is 0.416 e. The fourth-order valence-corrected chi connectivity index (χ4v) is 3.52. The molecular weight excluding hydrogens is 304 g/mol. The van der Waals surface area contributed by atoms with Gasteiger partial charge in [-0.25, -0.2) is 4.39 Å². The van der Waals surface area contributed by atoms with Crippen molar-refractivity contribution in [3.8, 4) is 0 Å². The Kier molecular flexibility index (Phi) is 5.51. The number of halogens is 4. The van der Waals surface area contributed by atoms with Gasteiger partial charge in [0.05, 0.1) is 5.56 Å². The van der Waals surface area contributed by atoms with E-state index in [0.29, 0.717) is 19.2 Å². The Hall–Kier alpha value is -0.790. The van der Waals surface area contributed by atoms with Gasteiger partial charge in [-0.3, -0.25) is 4.90 Å². The zero-order valence-electron chi connectivity index (χ0n) is 11.5. The summed E-state index contributed by atoms with van der Waals surface area (Å²) < 4.78 is 52.6. The van der Waals surface area contributed by atoms with Crippen molar-refractivity contribution < 1.29 is 17.6 Å². The van der Waals surface area contributed by atoms with Crippen LogP contribution in [-0.2, 0) is 6.18 Å². The molecular formula is C14H18F4N2S. The van der Waals surface area contributed by atoms with Crippen LogP contribution in [0.5, 0.6) is 0 Å². The van der Waals surface area contributed by atoms with Gasteiger partial charge >= 0.3 is 6.18 Å². The zero-order chi connectivity index (χ0) is 15.5. The van der Waals surface area contributed by atoms with Gasteiger partial charge in [0.1, 0.15) is 5.82 Å². The molecule has 1 aliphatic heterocycles. The molecule has 0 aromatic heterocycles. The minimum atomic E-state index is -4.58. The number of thioether (sulfide) groups is 1. The minimum absolute atomic E-state index is 0.0679. The van der Waals surface area contributed by atoms with Gasteiger partial charge in [0.25, 0.3) is 0 Å². The molecule has 0 spiro atoms. The molecule has 21 heavy (non-hydrogen) atoms. The van der Waals surface area contributed by atoms with E-state index in [9.17, 15) is 17.6 Å². The van der Waals surface area contributed by atoms with E-state index in [1.807, 2.05) is 4.90 Å². The predicted octanol–water partition coefficient (Wildman–Crippen LogP) is 3.28. The van der Waals surface area contributed by atoms with E-state index in [0.717, 1.165) is 24.0 Å². The lowest BCUT2D eigenvalue weighted by Gasteiger charge is -2.31. The number of benzene rings is 1. The van der Waals surface area contributed by atoms with Crippen LogP contribution in [0.3, 0.4) is 0 Å². The lowest BCUT2D eigenvalue weighted by atomic mass is 9.98. The van der Waals surface area contributed by atoms with E-state index in [1.165, 1.54) is 6.07 Å². The number of hydrogen-bond donors (Lipinski definition) is 1. The van der Waals surface area contributed by atoms with Crippen LogP contribution in [0.4, 0.5) is 17.6 Å². The maximum atomic E-state index is 13.2. The van der Waals surface area contributed by atoms with Crippen molar-refractivity contribution >= 4 is 11.8 Å². The first-order valence-electron chi connectivity index (χ1n) is 6.82. The van der Waals surface area contributed by atoms with Crippen molar-refractivity contribution in [2.24, 2.45) is 5.73 Å². The van der Waals surface area contributed by atoms with E-state index >= 15 is 0 Å². The topological polar surface area (TPSA) is 29.3 Å². The van der Waals surface area contributed by atoms with E-state index in [1.54, 1.807) is 11.8 Å². The number of alkyl halides is 3. The summed E-state index contributed by atoms with van der Waals surface area (Å²) in [5.74, 6) is 0.996. The van der Waals surface area contributed by atoms with Crippen LogP contribution in [0.25, 0.3) is 0 Å². The van der Waals surface area contributed by atoms with Crippen LogP contribution in [-0.4, -0.2) is 36.0 Å². The molecule has 1 saturated heterocycles. The van der Waals surface area contributed by atoms with Gasteiger partial charge in [0.15, 0.2) is 0 Å². The molecule has 1 unspecified atom stereocenters. The average molecular weight is 322 g/mol. The number of rotatable bonds is 3. The second-order valence-corrected chi connectivity index (χ2v) is 6.21. The van der Waals surface area contributed by atoms with Crippen LogP contribution in [0.2, 0.25) is 0 Å². The molecule has 0 saturated carbocycles. The highest BCUT2D eigenvalue weighted by atomic mass is 32.2. The molecule has 1 atom stereocenters. The molecule has 0 aliphatic carbocycles. The first-order valence-corrected chi connectivity index (χ1v) is 7.97. The van der Waals surface area contributed by atoms with Crippen molar-refractivity contribution in [1.82, 2.24) is 4.90 Å². The summed E-state index contributed by atoms with van der Waals surface area (Å²) >= 11 is 1.79. The second kappa shape index (κ2) is 6.98. The van der Waals surface area contributed by atoms with Gasteiger partial charge in [0, 0.05) is 24.9 Å². The van der Waals surface area contributed by atoms with Crippen molar-refractivity contribution in [2.75, 3.05) is 31.1 Å². The van der Waals surface area contributed by atoms with Crippen molar-refractivity contribution in [3.05, 3.63) is 35.1 Å². The lowest BCUT2D eigenvalue weighted by molar-refractivity contribution is -0.139. The molecule has 2 N–H and O–H groups in total. The van der Waals surface area contributed by atoms with Crippen LogP contribution in [0.15, 0.2) is 18.2 Å². The van der Waals surface area contributed by atoms with Gasteiger partial charge in [-0.05, 0) is 36.4 Å². The van der Waals surface area contributed by atoms with Crippen molar-refractivity contribution in [3.63, 3.8) is 0 Å². The quantitative estimate of drug-likeness (QED) is 0.866. The number of hydrogen-bond acceptors (Lipinski definition) is 3. The standard InChI is InChI=1S/C14H18F4N2S/c15-10-2-3-11(12(8-10)14(16,17)18)13(9-19)20-4-1-6-21-7-5-20/h2-3,8,13H,1,4-7,9,19H2. The SMILES string of the molecule is NCC(c1ccc(F)cc1C(F)(F)F)N1CCCSCC1. The molecule has 0 amide bonds. The molecule has 7 heteroatoms. The summed E-state index contributed by atoms with van der Waals surface area (Å²) in [6.07, 6.45) is -3.66. The van der Waals surface area contributed by atoms with E-state index in [2.05, 4.69) is 0 Å². The summed E-state index contributed by atoms with van der Waals surface area (Å²) in [6.45, 7) is 1.49. The van der Waals surface area contributed by atoms with Crippen molar-refractivity contribution in [2.45, 2.75) is 18.6 Å². The smallest absolute Gasteiger partial charge is 0.329 e. The molecule has 1 fully saturated rings. The summed E-state index contributed by atoms with van der Waals surface area (Å²) in [5, 5.41) is 0. The third-order valence-electron chi connectivity index (χ3n) is 3.60. The third-order valence-corrected chi connectivity index (χ3v) is 4.65. The molecule has 1 aliphatic rings. The first-order chi connectivity index (χ1) is 9.93. The van der Waals surface area contributed by atoms with Gasteiger partial charge < -0.3 is 5.73 Å². The average Bonchev–Trinajstić information content (AvgIpc) is 2.69. The normalized spacial score (nSPS) is 19.3. The maximum Gasteiger partial charge on any atom is 0.416 e. The Labute approximate surface area is 125 Å². The Morgan fingerprint density at radius 2 is 2.00 bits per heavy atom. The summed E-state index contributed by atoms with van der Waals surface area (Å²) in [6, 6.07) is 2.32. The highest BCUT2D eigenvalue weighted by Crippen LogP contribution is 2.37.